The summed E-state index contributed by atoms with van der Waals surface area (Å²) >= 11 is 3.28. The minimum Gasteiger partial charge on any atom is -0.492 e. The fraction of sp³-hybridized carbons (Fsp3) is 0.286. The molecule has 3 nitrogen and oxygen atoms in total. The quantitative estimate of drug-likeness (QED) is 0.759. The molecular formula is C7H8BrNO2. The van der Waals surface area contributed by atoms with E-state index in [1.54, 1.807) is 26.6 Å². The minimum atomic E-state index is 0.627. The normalized spacial score (nSPS) is 9.36. The number of aromatic nitrogens is 1. The maximum Gasteiger partial charge on any atom is 0.180 e. The van der Waals surface area contributed by atoms with Crippen molar-refractivity contribution in [1.29, 1.82) is 0 Å². The predicted octanol–water partition coefficient (Wildman–Crippen LogP) is 1.86. The maximum absolute atomic E-state index is 5.06. The Morgan fingerprint density at radius 1 is 1.27 bits per heavy atom. The van der Waals surface area contributed by atoms with Gasteiger partial charge in [0.15, 0.2) is 11.5 Å². The molecule has 0 aliphatic carbocycles. The molecule has 0 saturated carbocycles. The van der Waals surface area contributed by atoms with Gasteiger partial charge in [0.05, 0.1) is 24.9 Å². The summed E-state index contributed by atoms with van der Waals surface area (Å²) in [5, 5.41) is 0. The Bertz CT molecular complexity index is 252. The lowest BCUT2D eigenvalue weighted by molar-refractivity contribution is 0.351. The van der Waals surface area contributed by atoms with Gasteiger partial charge in [-0.2, -0.15) is 0 Å². The van der Waals surface area contributed by atoms with E-state index in [2.05, 4.69) is 20.9 Å². The van der Waals surface area contributed by atoms with Crippen LogP contribution in [0.25, 0.3) is 0 Å². The molecule has 0 aliphatic heterocycles. The highest BCUT2D eigenvalue weighted by Gasteiger charge is 2.06. The third-order valence-corrected chi connectivity index (χ3v) is 1.81. The monoisotopic (exact) mass is 217 g/mol. The van der Waals surface area contributed by atoms with Crippen molar-refractivity contribution in [2.75, 3.05) is 14.2 Å². The molecule has 0 amide bonds. The maximum atomic E-state index is 5.06. The van der Waals surface area contributed by atoms with E-state index in [-0.39, 0.29) is 0 Å². The van der Waals surface area contributed by atoms with E-state index in [9.17, 15) is 0 Å². The fourth-order valence-electron chi connectivity index (χ4n) is 0.749. The molecule has 0 saturated heterocycles. The molecule has 1 aromatic rings. The first-order chi connectivity index (χ1) is 5.29. The van der Waals surface area contributed by atoms with Crippen molar-refractivity contribution in [3.63, 3.8) is 0 Å². The van der Waals surface area contributed by atoms with E-state index >= 15 is 0 Å². The van der Waals surface area contributed by atoms with E-state index in [0.717, 1.165) is 4.47 Å². The molecular weight excluding hydrogens is 210 g/mol. The highest BCUT2D eigenvalue weighted by molar-refractivity contribution is 9.10. The van der Waals surface area contributed by atoms with Crippen LogP contribution in [0.3, 0.4) is 0 Å². The number of hydrogen-bond donors (Lipinski definition) is 0. The summed E-state index contributed by atoms with van der Waals surface area (Å²) in [6, 6.07) is 0. The van der Waals surface area contributed by atoms with Crippen LogP contribution in [0.4, 0.5) is 0 Å². The number of nitrogens with zero attached hydrogens (tertiary/aromatic N) is 1. The zero-order chi connectivity index (χ0) is 8.27. The lowest BCUT2D eigenvalue weighted by Gasteiger charge is -2.06. The Morgan fingerprint density at radius 2 is 2.00 bits per heavy atom. The number of rotatable bonds is 2. The summed E-state index contributed by atoms with van der Waals surface area (Å²) in [5.74, 6) is 1.30. The lowest BCUT2D eigenvalue weighted by Crippen LogP contribution is -1.91. The van der Waals surface area contributed by atoms with Gasteiger partial charge in [-0.1, -0.05) is 0 Å². The van der Waals surface area contributed by atoms with Crippen molar-refractivity contribution in [2.24, 2.45) is 0 Å². The topological polar surface area (TPSA) is 31.4 Å². The molecule has 0 aliphatic rings. The third-order valence-electron chi connectivity index (χ3n) is 1.24. The number of ether oxygens (including phenoxy) is 2. The second kappa shape index (κ2) is 3.57. The lowest BCUT2D eigenvalue weighted by atomic mass is 10.4. The molecule has 60 valence electrons. The Kier molecular flexibility index (Phi) is 2.70. The van der Waals surface area contributed by atoms with E-state index in [0.29, 0.717) is 11.5 Å². The molecule has 0 fully saturated rings. The highest BCUT2D eigenvalue weighted by atomic mass is 79.9. The molecule has 0 atom stereocenters. The first kappa shape index (κ1) is 8.33. The van der Waals surface area contributed by atoms with Crippen LogP contribution in [0.2, 0.25) is 0 Å². The van der Waals surface area contributed by atoms with Gasteiger partial charge in [-0.15, -0.1) is 0 Å². The Labute approximate surface area is 73.5 Å². The van der Waals surface area contributed by atoms with Crippen LogP contribution < -0.4 is 9.47 Å². The number of methoxy groups -OCH3 is 2. The molecule has 1 aromatic heterocycles. The Balaban J connectivity index is 3.13. The van der Waals surface area contributed by atoms with E-state index in [4.69, 9.17) is 9.47 Å². The summed E-state index contributed by atoms with van der Waals surface area (Å²) < 4.78 is 10.8. The molecule has 11 heavy (non-hydrogen) atoms. The van der Waals surface area contributed by atoms with Crippen molar-refractivity contribution in [3.05, 3.63) is 16.9 Å². The van der Waals surface area contributed by atoms with Crippen LogP contribution in [-0.2, 0) is 0 Å². The van der Waals surface area contributed by atoms with E-state index in [1.165, 1.54) is 0 Å². The highest BCUT2D eigenvalue weighted by Crippen LogP contribution is 2.32. The van der Waals surface area contributed by atoms with Crippen molar-refractivity contribution < 1.29 is 9.47 Å². The molecule has 0 aromatic carbocycles. The molecule has 1 heterocycles. The van der Waals surface area contributed by atoms with Crippen LogP contribution in [0.15, 0.2) is 16.9 Å². The SMILES string of the molecule is COc1cncc(Br)c1OC. The largest absolute Gasteiger partial charge is 0.492 e. The summed E-state index contributed by atoms with van der Waals surface area (Å²) in [4.78, 5) is 3.91. The van der Waals surface area contributed by atoms with Crippen LogP contribution in [0, 0.1) is 0 Å². The third kappa shape index (κ3) is 1.63. The summed E-state index contributed by atoms with van der Waals surface area (Å²) in [6.07, 6.45) is 3.25. The van der Waals surface area contributed by atoms with Gasteiger partial charge in [-0.05, 0) is 15.9 Å². The Hall–Kier alpha value is -0.770. The van der Waals surface area contributed by atoms with Crippen LogP contribution >= 0.6 is 15.9 Å². The molecule has 0 N–H and O–H groups in total. The molecule has 0 bridgehead atoms. The first-order valence-corrected chi connectivity index (χ1v) is 3.80. The minimum absolute atomic E-state index is 0.627. The van der Waals surface area contributed by atoms with Gasteiger partial charge >= 0.3 is 0 Å². The van der Waals surface area contributed by atoms with Gasteiger partial charge in [0.1, 0.15) is 0 Å². The van der Waals surface area contributed by atoms with Crippen molar-refractivity contribution >= 4 is 15.9 Å². The predicted molar refractivity (Wildman–Crippen MR) is 45.0 cm³/mol. The molecule has 4 heteroatoms. The van der Waals surface area contributed by atoms with Crippen LogP contribution in [-0.4, -0.2) is 19.2 Å². The smallest absolute Gasteiger partial charge is 0.180 e. The van der Waals surface area contributed by atoms with E-state index < -0.39 is 0 Å². The number of pyridine rings is 1. The molecule has 0 unspecified atom stereocenters. The van der Waals surface area contributed by atoms with Gasteiger partial charge in [0.2, 0.25) is 0 Å². The van der Waals surface area contributed by atoms with Gasteiger partial charge in [0, 0.05) is 6.20 Å². The Morgan fingerprint density at radius 3 is 2.45 bits per heavy atom. The van der Waals surface area contributed by atoms with Gasteiger partial charge < -0.3 is 9.47 Å². The average Bonchev–Trinajstić information content (AvgIpc) is 2.04. The fourth-order valence-corrected chi connectivity index (χ4v) is 1.22. The van der Waals surface area contributed by atoms with Crippen molar-refractivity contribution in [2.45, 2.75) is 0 Å². The zero-order valence-corrected chi connectivity index (χ0v) is 7.88. The second-order valence-corrected chi connectivity index (χ2v) is 2.71. The average molecular weight is 218 g/mol. The number of halogens is 1. The number of hydrogen-bond acceptors (Lipinski definition) is 3. The standard InChI is InChI=1S/C7H8BrNO2/c1-10-6-4-9-3-5(8)7(6)11-2/h3-4H,1-2H3. The van der Waals surface area contributed by atoms with E-state index in [1.807, 2.05) is 0 Å². The molecule has 0 spiro atoms. The van der Waals surface area contributed by atoms with Gasteiger partial charge in [0.25, 0.3) is 0 Å². The summed E-state index contributed by atoms with van der Waals surface area (Å²) in [5.41, 5.74) is 0. The van der Waals surface area contributed by atoms with Gasteiger partial charge in [-0.3, -0.25) is 4.98 Å². The summed E-state index contributed by atoms with van der Waals surface area (Å²) in [6.45, 7) is 0. The van der Waals surface area contributed by atoms with Crippen molar-refractivity contribution in [3.8, 4) is 11.5 Å². The molecule has 0 radical (unpaired) electrons. The van der Waals surface area contributed by atoms with Crippen LogP contribution in [0.5, 0.6) is 11.5 Å². The zero-order valence-electron chi connectivity index (χ0n) is 6.30. The molecule has 1 rings (SSSR count). The van der Waals surface area contributed by atoms with Crippen molar-refractivity contribution in [1.82, 2.24) is 4.98 Å². The van der Waals surface area contributed by atoms with Gasteiger partial charge in [-0.25, -0.2) is 0 Å². The van der Waals surface area contributed by atoms with Crippen LogP contribution in [0.1, 0.15) is 0 Å². The summed E-state index contributed by atoms with van der Waals surface area (Å²) in [7, 11) is 3.16. The first-order valence-electron chi connectivity index (χ1n) is 3.01. The second-order valence-electron chi connectivity index (χ2n) is 1.86.